The van der Waals surface area contributed by atoms with E-state index in [1.54, 1.807) is 6.26 Å². The third-order valence-corrected chi connectivity index (χ3v) is 4.23. The Morgan fingerprint density at radius 3 is 2.65 bits per heavy atom. The molecule has 3 heteroatoms. The molecule has 1 saturated heterocycles. The van der Waals surface area contributed by atoms with Crippen molar-refractivity contribution >= 4 is 0 Å². The van der Waals surface area contributed by atoms with Crippen LogP contribution in [0.25, 0.3) is 0 Å². The summed E-state index contributed by atoms with van der Waals surface area (Å²) in [6.45, 7) is 3.28. The zero-order valence-electron chi connectivity index (χ0n) is 11.9. The molecule has 0 aliphatic carbocycles. The lowest BCUT2D eigenvalue weighted by molar-refractivity contribution is 0.103. The van der Waals surface area contributed by atoms with Crippen LogP contribution in [-0.2, 0) is 0 Å². The summed E-state index contributed by atoms with van der Waals surface area (Å²) < 4.78 is 5.71. The van der Waals surface area contributed by atoms with Crippen LogP contribution in [0.15, 0.2) is 53.1 Å². The molecule has 0 bridgehead atoms. The topological polar surface area (TPSA) is 42.4 Å². The Kier molecular flexibility index (Phi) is 3.90. The van der Waals surface area contributed by atoms with E-state index in [0.29, 0.717) is 12.1 Å². The summed E-state index contributed by atoms with van der Waals surface area (Å²) in [7, 11) is 0. The molecule has 3 unspecified atom stereocenters. The van der Waals surface area contributed by atoms with Crippen molar-refractivity contribution in [1.82, 2.24) is 4.90 Å². The first-order valence-electron chi connectivity index (χ1n) is 7.35. The molecule has 20 heavy (non-hydrogen) atoms. The largest absolute Gasteiger partial charge is 0.467 e. The highest BCUT2D eigenvalue weighted by Gasteiger charge is 2.32. The first-order valence-corrected chi connectivity index (χ1v) is 7.35. The summed E-state index contributed by atoms with van der Waals surface area (Å²) >= 11 is 0. The molecule has 3 nitrogen and oxygen atoms in total. The highest BCUT2D eigenvalue weighted by atomic mass is 16.3. The Morgan fingerprint density at radius 1 is 1.20 bits per heavy atom. The van der Waals surface area contributed by atoms with E-state index in [-0.39, 0.29) is 6.04 Å². The minimum absolute atomic E-state index is 0.189. The van der Waals surface area contributed by atoms with E-state index < -0.39 is 0 Å². The van der Waals surface area contributed by atoms with Gasteiger partial charge in [0.1, 0.15) is 5.76 Å². The van der Waals surface area contributed by atoms with Crippen molar-refractivity contribution in [3.63, 3.8) is 0 Å². The SMILES string of the molecule is CC1CC(N)CCN1C(c1ccccc1)c1ccco1. The van der Waals surface area contributed by atoms with Gasteiger partial charge in [0, 0.05) is 18.6 Å². The first-order chi connectivity index (χ1) is 9.75. The van der Waals surface area contributed by atoms with Gasteiger partial charge in [-0.05, 0) is 37.5 Å². The van der Waals surface area contributed by atoms with Gasteiger partial charge in [-0.15, -0.1) is 0 Å². The fraction of sp³-hybridized carbons (Fsp3) is 0.412. The molecule has 2 aromatic rings. The average molecular weight is 270 g/mol. The Bertz CT molecular complexity index is 523. The highest BCUT2D eigenvalue weighted by Crippen LogP contribution is 2.33. The molecule has 1 aromatic heterocycles. The van der Waals surface area contributed by atoms with E-state index in [9.17, 15) is 0 Å². The van der Waals surface area contributed by atoms with E-state index >= 15 is 0 Å². The summed E-state index contributed by atoms with van der Waals surface area (Å²) in [5.41, 5.74) is 7.38. The molecule has 3 atom stereocenters. The lowest BCUT2D eigenvalue weighted by Crippen LogP contribution is -2.47. The van der Waals surface area contributed by atoms with E-state index in [1.807, 2.05) is 6.07 Å². The number of rotatable bonds is 3. The van der Waals surface area contributed by atoms with Crippen molar-refractivity contribution in [2.45, 2.75) is 37.9 Å². The van der Waals surface area contributed by atoms with Crippen LogP contribution in [0.3, 0.4) is 0 Å². The van der Waals surface area contributed by atoms with Crippen molar-refractivity contribution < 1.29 is 4.42 Å². The van der Waals surface area contributed by atoms with Gasteiger partial charge in [0.15, 0.2) is 0 Å². The second kappa shape index (κ2) is 5.81. The third-order valence-electron chi connectivity index (χ3n) is 4.23. The molecule has 1 aliphatic heterocycles. The number of nitrogens with two attached hydrogens (primary N) is 1. The molecule has 0 saturated carbocycles. The van der Waals surface area contributed by atoms with Crippen molar-refractivity contribution in [3.05, 3.63) is 60.1 Å². The number of benzene rings is 1. The molecule has 2 heterocycles. The van der Waals surface area contributed by atoms with E-state index in [2.05, 4.69) is 48.2 Å². The molecule has 1 aromatic carbocycles. The van der Waals surface area contributed by atoms with Gasteiger partial charge in [-0.1, -0.05) is 30.3 Å². The lowest BCUT2D eigenvalue weighted by atomic mass is 9.93. The second-order valence-electron chi connectivity index (χ2n) is 5.70. The predicted octanol–water partition coefficient (Wildman–Crippen LogP) is 3.18. The number of nitrogens with zero attached hydrogens (tertiary/aromatic N) is 1. The number of furan rings is 1. The maximum atomic E-state index is 6.09. The van der Waals surface area contributed by atoms with Crippen LogP contribution in [0.1, 0.15) is 37.1 Å². The number of hydrogen-bond donors (Lipinski definition) is 1. The highest BCUT2D eigenvalue weighted by molar-refractivity contribution is 5.27. The summed E-state index contributed by atoms with van der Waals surface area (Å²) in [5.74, 6) is 1.01. The van der Waals surface area contributed by atoms with Crippen molar-refractivity contribution in [2.75, 3.05) is 6.54 Å². The van der Waals surface area contributed by atoms with Crippen LogP contribution in [-0.4, -0.2) is 23.5 Å². The summed E-state index contributed by atoms with van der Waals surface area (Å²) in [5, 5.41) is 0. The third kappa shape index (κ3) is 2.65. The number of piperidine rings is 1. The molecular weight excluding hydrogens is 248 g/mol. The fourth-order valence-corrected chi connectivity index (χ4v) is 3.21. The zero-order chi connectivity index (χ0) is 13.9. The van der Waals surface area contributed by atoms with Gasteiger partial charge in [0.05, 0.1) is 12.3 Å². The standard InChI is InChI=1S/C17H22N2O/c1-13-12-15(18)9-10-19(13)17(16-8-5-11-20-16)14-6-3-2-4-7-14/h2-8,11,13,15,17H,9-10,12,18H2,1H3. The number of hydrogen-bond acceptors (Lipinski definition) is 3. The molecular formula is C17H22N2O. The van der Waals surface area contributed by atoms with Crippen LogP contribution < -0.4 is 5.73 Å². The maximum absolute atomic E-state index is 6.09. The summed E-state index contributed by atoms with van der Waals surface area (Å²) in [6, 6.07) is 15.6. The molecule has 0 spiro atoms. The van der Waals surface area contributed by atoms with Gasteiger partial charge in [-0.2, -0.15) is 0 Å². The smallest absolute Gasteiger partial charge is 0.125 e. The van der Waals surface area contributed by atoms with Crippen molar-refractivity contribution in [1.29, 1.82) is 0 Å². The molecule has 3 rings (SSSR count). The van der Waals surface area contributed by atoms with Gasteiger partial charge in [0.25, 0.3) is 0 Å². The van der Waals surface area contributed by atoms with Crippen LogP contribution in [0.5, 0.6) is 0 Å². The molecule has 1 aliphatic rings. The van der Waals surface area contributed by atoms with Crippen molar-refractivity contribution in [2.24, 2.45) is 5.73 Å². The van der Waals surface area contributed by atoms with Gasteiger partial charge in [-0.3, -0.25) is 4.90 Å². The molecule has 0 amide bonds. The summed E-state index contributed by atoms with van der Waals surface area (Å²) in [4.78, 5) is 2.51. The molecule has 1 fully saturated rings. The monoisotopic (exact) mass is 270 g/mol. The second-order valence-corrected chi connectivity index (χ2v) is 5.70. The predicted molar refractivity (Wildman–Crippen MR) is 80.4 cm³/mol. The minimum Gasteiger partial charge on any atom is -0.467 e. The first kappa shape index (κ1) is 13.4. The van der Waals surface area contributed by atoms with Crippen LogP contribution in [0.2, 0.25) is 0 Å². The van der Waals surface area contributed by atoms with Gasteiger partial charge >= 0.3 is 0 Å². The average Bonchev–Trinajstić information content (AvgIpc) is 2.97. The van der Waals surface area contributed by atoms with E-state index in [4.69, 9.17) is 10.2 Å². The Hall–Kier alpha value is -1.58. The zero-order valence-corrected chi connectivity index (χ0v) is 11.9. The Balaban J connectivity index is 1.94. The normalized spacial score (nSPS) is 25.5. The van der Waals surface area contributed by atoms with E-state index in [1.165, 1.54) is 5.56 Å². The van der Waals surface area contributed by atoms with Crippen LogP contribution in [0, 0.1) is 0 Å². The fourth-order valence-electron chi connectivity index (χ4n) is 3.21. The van der Waals surface area contributed by atoms with Gasteiger partial charge < -0.3 is 10.2 Å². The van der Waals surface area contributed by atoms with Gasteiger partial charge in [-0.25, -0.2) is 0 Å². The summed E-state index contributed by atoms with van der Waals surface area (Å²) in [6.07, 6.45) is 3.85. The Morgan fingerprint density at radius 2 is 2.00 bits per heavy atom. The van der Waals surface area contributed by atoms with Crippen LogP contribution >= 0.6 is 0 Å². The Labute approximate surface area is 120 Å². The van der Waals surface area contributed by atoms with E-state index in [0.717, 1.165) is 25.1 Å². The maximum Gasteiger partial charge on any atom is 0.125 e. The molecule has 0 radical (unpaired) electrons. The molecule has 106 valence electrons. The van der Waals surface area contributed by atoms with Crippen molar-refractivity contribution in [3.8, 4) is 0 Å². The van der Waals surface area contributed by atoms with Crippen LogP contribution in [0.4, 0.5) is 0 Å². The number of likely N-dealkylation sites (tertiary alicyclic amines) is 1. The quantitative estimate of drug-likeness (QED) is 0.931. The molecule has 2 N–H and O–H groups in total. The van der Waals surface area contributed by atoms with Gasteiger partial charge in [0.2, 0.25) is 0 Å². The lowest BCUT2D eigenvalue weighted by Gasteiger charge is -2.41. The minimum atomic E-state index is 0.189.